The van der Waals surface area contributed by atoms with Crippen molar-refractivity contribution in [2.45, 2.75) is 92.4 Å². The van der Waals surface area contributed by atoms with Crippen LogP contribution in [0, 0.1) is 6.92 Å². The highest BCUT2D eigenvalue weighted by Crippen LogP contribution is 2.43. The molecule has 2 heterocycles. The van der Waals surface area contributed by atoms with Gasteiger partial charge in [0.05, 0.1) is 10.2 Å². The van der Waals surface area contributed by atoms with Crippen molar-refractivity contribution in [3.8, 4) is 33.0 Å². The molecule has 0 N–H and O–H groups in total. The Balaban J connectivity index is 1.48. The predicted octanol–water partition coefficient (Wildman–Crippen LogP) is 12.3. The normalized spacial score (nSPS) is 12.4. The van der Waals surface area contributed by atoms with Crippen LogP contribution in [0.1, 0.15) is 108 Å². The van der Waals surface area contributed by atoms with Crippen molar-refractivity contribution >= 4 is 32.3 Å². The summed E-state index contributed by atoms with van der Waals surface area (Å²) in [5.41, 5.74) is 14.4. The lowest BCUT2D eigenvalue weighted by Crippen LogP contribution is -2.30. The summed E-state index contributed by atoms with van der Waals surface area (Å²) in [6.45, 7) is 23.1. The molecule has 0 amide bonds. The van der Waals surface area contributed by atoms with Crippen LogP contribution in [0.5, 0.6) is 0 Å². The summed E-state index contributed by atoms with van der Waals surface area (Å²) in [5, 5.41) is 3.81. The van der Waals surface area contributed by atoms with E-state index in [4.69, 9.17) is 4.98 Å². The number of benzene rings is 4. The lowest BCUT2D eigenvalue weighted by molar-refractivity contribution is -0.660. The molecule has 0 radical (unpaired) electrons. The summed E-state index contributed by atoms with van der Waals surface area (Å²) in [7, 11) is 2.16. The molecule has 3 heteroatoms. The minimum atomic E-state index is 0.0348. The van der Waals surface area contributed by atoms with Gasteiger partial charge >= 0.3 is 0 Å². The van der Waals surface area contributed by atoms with E-state index in [1.54, 1.807) is 0 Å². The molecular weight excluding hydrogens is 577 g/mol. The van der Waals surface area contributed by atoms with Gasteiger partial charge in [-0.15, -0.1) is 11.3 Å². The molecule has 0 saturated carbocycles. The molecule has 0 fully saturated rings. The zero-order valence-electron chi connectivity index (χ0n) is 29.5. The van der Waals surface area contributed by atoms with Crippen LogP contribution < -0.4 is 4.57 Å². The molecule has 2 aromatic heterocycles. The molecule has 0 aliphatic carbocycles. The van der Waals surface area contributed by atoms with E-state index in [1.165, 1.54) is 71.2 Å². The zero-order valence-corrected chi connectivity index (χ0v) is 30.4. The number of aryl methyl sites for hydroxylation is 2. The molecule has 0 bridgehead atoms. The lowest BCUT2D eigenvalue weighted by Gasteiger charge is -2.24. The van der Waals surface area contributed by atoms with Crippen LogP contribution in [0.25, 0.3) is 53.9 Å². The summed E-state index contributed by atoms with van der Waals surface area (Å²) in [4.78, 5) is 5.25. The lowest BCUT2D eigenvalue weighted by atomic mass is 9.80. The van der Waals surface area contributed by atoms with Gasteiger partial charge in [-0.05, 0) is 98.0 Å². The molecule has 0 aliphatic heterocycles. The van der Waals surface area contributed by atoms with Crippen LogP contribution >= 0.6 is 11.3 Å². The van der Waals surface area contributed by atoms with Crippen molar-refractivity contribution < 1.29 is 4.57 Å². The molecule has 2 nitrogen and oxygen atoms in total. The molecule has 236 valence electrons. The Morgan fingerprint density at radius 2 is 1.35 bits per heavy atom. The highest BCUT2D eigenvalue weighted by molar-refractivity contribution is 7.21. The number of pyridine rings is 1. The predicted molar refractivity (Wildman–Crippen MR) is 200 cm³/mol. The van der Waals surface area contributed by atoms with E-state index in [-0.39, 0.29) is 5.41 Å². The second-order valence-corrected chi connectivity index (χ2v) is 16.1. The number of thiazole rings is 1. The first-order valence-electron chi connectivity index (χ1n) is 16.9. The monoisotopic (exact) mass is 625 g/mol. The fourth-order valence-corrected chi connectivity index (χ4v) is 7.93. The summed E-state index contributed by atoms with van der Waals surface area (Å²) in [6, 6.07) is 27.6. The number of fused-ring (bicyclic) bond motifs is 2. The van der Waals surface area contributed by atoms with Crippen LogP contribution in [0.2, 0.25) is 0 Å². The van der Waals surface area contributed by atoms with Gasteiger partial charge in [0.1, 0.15) is 12.1 Å². The van der Waals surface area contributed by atoms with Gasteiger partial charge in [-0.2, -0.15) is 0 Å². The smallest absolute Gasteiger partial charge is 0.213 e. The molecule has 0 unspecified atom stereocenters. The number of rotatable bonds is 6. The van der Waals surface area contributed by atoms with Crippen LogP contribution in [0.4, 0.5) is 0 Å². The summed E-state index contributed by atoms with van der Waals surface area (Å²) < 4.78 is 3.49. The molecule has 4 aromatic carbocycles. The van der Waals surface area contributed by atoms with Crippen molar-refractivity contribution in [3.63, 3.8) is 0 Å². The number of hydrogen-bond donors (Lipinski definition) is 0. The topological polar surface area (TPSA) is 16.8 Å². The van der Waals surface area contributed by atoms with Crippen LogP contribution in [0.3, 0.4) is 0 Å². The summed E-state index contributed by atoms with van der Waals surface area (Å²) >= 11 is 1.83. The van der Waals surface area contributed by atoms with Gasteiger partial charge in [0, 0.05) is 23.3 Å². The molecule has 0 spiro atoms. The Bertz CT molecular complexity index is 2060. The first-order chi connectivity index (χ1) is 21.7. The minimum absolute atomic E-state index is 0.0348. The molecule has 0 saturated heterocycles. The Morgan fingerprint density at radius 1 is 0.717 bits per heavy atom. The first-order valence-corrected chi connectivity index (χ1v) is 17.7. The van der Waals surface area contributed by atoms with Crippen molar-refractivity contribution in [3.05, 3.63) is 107 Å². The van der Waals surface area contributed by atoms with E-state index in [1.807, 2.05) is 11.3 Å². The van der Waals surface area contributed by atoms with Crippen molar-refractivity contribution in [1.29, 1.82) is 0 Å². The number of aromatic nitrogens is 2. The van der Waals surface area contributed by atoms with Crippen LogP contribution in [-0.2, 0) is 12.5 Å². The SMILES string of the molecule is Cc1c(-c2cc(-c3ccc4nc(-c5c(C(C)C)cc(C(C)C)cc5C(C)C)sc4c3)cc[n+]2C)cc(C(C)(C)C)c2ccccc12. The minimum Gasteiger partial charge on any atom is -0.236 e. The molecule has 6 rings (SSSR count). The molecule has 6 aromatic rings. The third kappa shape index (κ3) is 5.79. The largest absolute Gasteiger partial charge is 0.236 e. The van der Waals surface area contributed by atoms with Crippen LogP contribution in [0.15, 0.2) is 79.0 Å². The maximum Gasteiger partial charge on any atom is 0.213 e. The highest BCUT2D eigenvalue weighted by atomic mass is 32.1. The summed E-state index contributed by atoms with van der Waals surface area (Å²) in [5.74, 6) is 1.35. The fraction of sp³-hybridized carbons (Fsp3) is 0.349. The van der Waals surface area contributed by atoms with E-state index >= 15 is 0 Å². The van der Waals surface area contributed by atoms with Crippen molar-refractivity contribution in [2.75, 3.05) is 0 Å². The second kappa shape index (κ2) is 12.1. The van der Waals surface area contributed by atoms with E-state index in [9.17, 15) is 0 Å². The average Bonchev–Trinajstić information content (AvgIpc) is 3.43. The Kier molecular flexibility index (Phi) is 8.44. The highest BCUT2D eigenvalue weighted by Gasteiger charge is 2.24. The van der Waals surface area contributed by atoms with Gasteiger partial charge in [0.15, 0.2) is 6.20 Å². The second-order valence-electron chi connectivity index (χ2n) is 15.0. The summed E-state index contributed by atoms with van der Waals surface area (Å²) in [6.07, 6.45) is 2.21. The van der Waals surface area contributed by atoms with Crippen LogP contribution in [-0.4, -0.2) is 4.98 Å². The Hall–Kier alpha value is -3.82. The Morgan fingerprint density at radius 3 is 1.96 bits per heavy atom. The molecule has 0 atom stereocenters. The molecular formula is C43H49N2S+. The van der Waals surface area contributed by atoms with E-state index in [0.29, 0.717) is 17.8 Å². The van der Waals surface area contributed by atoms with Gasteiger partial charge in [0.2, 0.25) is 5.69 Å². The number of hydrogen-bond acceptors (Lipinski definition) is 2. The number of nitrogens with zero attached hydrogens (tertiary/aromatic N) is 2. The van der Waals surface area contributed by atoms with E-state index in [0.717, 1.165) is 10.5 Å². The fourth-order valence-electron chi connectivity index (χ4n) is 6.84. The van der Waals surface area contributed by atoms with Gasteiger partial charge < -0.3 is 0 Å². The molecule has 0 aliphatic rings. The molecule has 46 heavy (non-hydrogen) atoms. The van der Waals surface area contributed by atoms with Gasteiger partial charge in [-0.3, -0.25) is 0 Å². The van der Waals surface area contributed by atoms with E-state index in [2.05, 4.69) is 160 Å². The van der Waals surface area contributed by atoms with E-state index < -0.39 is 0 Å². The maximum atomic E-state index is 5.25. The third-order valence-electron chi connectivity index (χ3n) is 9.62. The van der Waals surface area contributed by atoms with Gasteiger partial charge in [-0.1, -0.05) is 105 Å². The first kappa shape index (κ1) is 32.1. The zero-order chi connectivity index (χ0) is 33.1. The average molecular weight is 626 g/mol. The third-order valence-corrected chi connectivity index (χ3v) is 10.7. The van der Waals surface area contributed by atoms with Crippen molar-refractivity contribution in [2.24, 2.45) is 7.05 Å². The maximum absolute atomic E-state index is 5.25. The standard InChI is InChI=1S/C43H49N2S/c1-25(2)31-20-34(26(3)4)41(35(21-31)27(5)6)42-44-38-17-16-29(23-40(38)46-42)30-18-19-45(11)39(22-30)36-24-37(43(8,9)10)33-15-13-12-14-32(33)28(36)7/h12-27H,1-11H3/q+1. The van der Waals surface area contributed by atoms with Gasteiger partial charge in [0.25, 0.3) is 0 Å². The van der Waals surface area contributed by atoms with Crippen molar-refractivity contribution in [1.82, 2.24) is 4.98 Å². The van der Waals surface area contributed by atoms with Gasteiger partial charge in [-0.25, -0.2) is 9.55 Å². The quantitative estimate of drug-likeness (QED) is 0.168. The Labute approximate surface area is 280 Å².